The third-order valence-electron chi connectivity index (χ3n) is 2.82. The van der Waals surface area contributed by atoms with Gasteiger partial charge in [0.25, 0.3) is 0 Å². The minimum absolute atomic E-state index is 0.0991. The number of hydrogen-bond donors (Lipinski definition) is 1. The zero-order chi connectivity index (χ0) is 13.9. The van der Waals surface area contributed by atoms with Crippen molar-refractivity contribution in [3.8, 4) is 5.88 Å². The van der Waals surface area contributed by atoms with Gasteiger partial charge in [0.05, 0.1) is 13.2 Å². The van der Waals surface area contributed by atoms with Crippen molar-refractivity contribution < 1.29 is 9.47 Å². The zero-order valence-electron chi connectivity index (χ0n) is 12.2. The summed E-state index contributed by atoms with van der Waals surface area (Å²) >= 11 is 0. The third-order valence-corrected chi connectivity index (χ3v) is 2.82. The Bertz CT molecular complexity index is 425. The largest absolute Gasteiger partial charge is 0.469 e. The highest BCUT2D eigenvalue weighted by molar-refractivity contribution is 5.39. The van der Waals surface area contributed by atoms with E-state index in [1.54, 1.807) is 0 Å². The van der Waals surface area contributed by atoms with E-state index in [4.69, 9.17) is 9.47 Å². The fraction of sp³-hybridized carbons (Fsp3) is 0.714. The molecule has 1 fully saturated rings. The van der Waals surface area contributed by atoms with E-state index in [1.807, 2.05) is 6.07 Å². The van der Waals surface area contributed by atoms with Crippen LogP contribution in [0.15, 0.2) is 6.07 Å². The van der Waals surface area contributed by atoms with E-state index in [0.29, 0.717) is 19.1 Å². The highest BCUT2D eigenvalue weighted by Gasteiger charge is 2.23. The molecule has 19 heavy (non-hydrogen) atoms. The molecular formula is C14H23N3O2. The number of aromatic nitrogens is 2. The number of hydrogen-bond acceptors (Lipinski definition) is 5. The molecule has 5 nitrogen and oxygen atoms in total. The Kier molecular flexibility index (Phi) is 4.24. The van der Waals surface area contributed by atoms with Gasteiger partial charge in [-0.25, -0.2) is 4.98 Å². The van der Waals surface area contributed by atoms with E-state index in [2.05, 4.69) is 43.0 Å². The summed E-state index contributed by atoms with van der Waals surface area (Å²) in [6.45, 7) is 10.6. The van der Waals surface area contributed by atoms with Gasteiger partial charge in [-0.15, -0.1) is 0 Å². The molecule has 1 aromatic heterocycles. The molecule has 0 unspecified atom stereocenters. The van der Waals surface area contributed by atoms with Gasteiger partial charge in [-0.2, -0.15) is 4.98 Å². The van der Waals surface area contributed by atoms with E-state index < -0.39 is 0 Å². The molecule has 1 saturated heterocycles. The quantitative estimate of drug-likeness (QED) is 0.885. The summed E-state index contributed by atoms with van der Waals surface area (Å²) in [6, 6.07) is 1.86. The molecule has 0 aliphatic carbocycles. The normalized spacial score (nSPS) is 16.0. The van der Waals surface area contributed by atoms with Crippen LogP contribution in [0.4, 0.5) is 5.82 Å². The molecule has 0 atom stereocenters. The molecule has 0 amide bonds. The maximum Gasteiger partial charge on any atom is 0.219 e. The van der Waals surface area contributed by atoms with Crippen LogP contribution in [-0.2, 0) is 10.2 Å². The number of nitrogens with zero attached hydrogens (tertiary/aromatic N) is 2. The van der Waals surface area contributed by atoms with Crippen molar-refractivity contribution in [1.82, 2.24) is 9.97 Å². The maximum atomic E-state index is 5.79. The summed E-state index contributed by atoms with van der Waals surface area (Å²) in [4.78, 5) is 9.07. The lowest BCUT2D eigenvalue weighted by atomic mass is 9.96. The average molecular weight is 265 g/mol. The number of anilines is 1. The van der Waals surface area contributed by atoms with Gasteiger partial charge < -0.3 is 14.8 Å². The Labute approximate surface area is 114 Å². The number of rotatable bonds is 5. The summed E-state index contributed by atoms with van der Waals surface area (Å²) < 4.78 is 10.9. The predicted octanol–water partition coefficient (Wildman–Crippen LogP) is 2.37. The summed E-state index contributed by atoms with van der Waals surface area (Å²) in [5, 5.41) is 3.29. The van der Waals surface area contributed by atoms with Crippen LogP contribution in [0.25, 0.3) is 0 Å². The van der Waals surface area contributed by atoms with E-state index in [1.165, 1.54) is 0 Å². The third kappa shape index (κ3) is 3.80. The van der Waals surface area contributed by atoms with Crippen LogP contribution < -0.4 is 10.1 Å². The maximum absolute atomic E-state index is 5.79. The molecule has 2 heterocycles. The summed E-state index contributed by atoms with van der Waals surface area (Å²) in [5.41, 5.74) is -0.0991. The molecule has 0 bridgehead atoms. The molecule has 0 aromatic carbocycles. The lowest BCUT2D eigenvalue weighted by Crippen LogP contribution is -2.39. The second kappa shape index (κ2) is 5.74. The Morgan fingerprint density at radius 2 is 2.11 bits per heavy atom. The molecule has 0 spiro atoms. The highest BCUT2D eigenvalue weighted by Crippen LogP contribution is 2.24. The van der Waals surface area contributed by atoms with Gasteiger partial charge in [0.1, 0.15) is 17.7 Å². The minimum atomic E-state index is -0.0991. The first-order chi connectivity index (χ1) is 8.99. The average Bonchev–Trinajstić information content (AvgIpc) is 2.30. The molecule has 1 aromatic rings. The van der Waals surface area contributed by atoms with E-state index >= 15 is 0 Å². The van der Waals surface area contributed by atoms with Crippen molar-refractivity contribution in [2.45, 2.75) is 45.6 Å². The zero-order valence-corrected chi connectivity index (χ0v) is 12.2. The fourth-order valence-electron chi connectivity index (χ4n) is 1.62. The van der Waals surface area contributed by atoms with Gasteiger partial charge in [-0.1, -0.05) is 27.7 Å². The van der Waals surface area contributed by atoms with Crippen LogP contribution in [0.5, 0.6) is 5.88 Å². The summed E-state index contributed by atoms with van der Waals surface area (Å²) in [7, 11) is 0. The second-order valence-corrected chi connectivity index (χ2v) is 5.87. The molecule has 1 N–H and O–H groups in total. The Hall–Kier alpha value is -1.36. The van der Waals surface area contributed by atoms with Gasteiger partial charge in [-0.3, -0.25) is 0 Å². The smallest absolute Gasteiger partial charge is 0.219 e. The first-order valence-electron chi connectivity index (χ1n) is 6.87. The van der Waals surface area contributed by atoms with Gasteiger partial charge in [-0.05, 0) is 6.42 Å². The van der Waals surface area contributed by atoms with Crippen LogP contribution in [0.1, 0.15) is 39.9 Å². The lowest BCUT2D eigenvalue weighted by Gasteiger charge is -2.27. The number of ether oxygens (including phenoxy) is 2. The Morgan fingerprint density at radius 3 is 2.63 bits per heavy atom. The van der Waals surface area contributed by atoms with Crippen molar-refractivity contribution in [3.05, 3.63) is 11.9 Å². The minimum Gasteiger partial charge on any atom is -0.469 e. The SMILES string of the molecule is CCCNc1cc(OC2COC2)nc(C(C)(C)C)n1. The van der Waals surface area contributed by atoms with Crippen LogP contribution in [0.2, 0.25) is 0 Å². The van der Waals surface area contributed by atoms with E-state index in [9.17, 15) is 0 Å². The van der Waals surface area contributed by atoms with Crippen molar-refractivity contribution in [3.63, 3.8) is 0 Å². The summed E-state index contributed by atoms with van der Waals surface area (Å²) in [6.07, 6.45) is 1.18. The monoisotopic (exact) mass is 265 g/mol. The molecule has 1 aliphatic rings. The van der Waals surface area contributed by atoms with Crippen LogP contribution in [-0.4, -0.2) is 35.8 Å². The van der Waals surface area contributed by atoms with Gasteiger partial charge >= 0.3 is 0 Å². The molecule has 0 saturated carbocycles. The molecule has 106 valence electrons. The van der Waals surface area contributed by atoms with Crippen LogP contribution >= 0.6 is 0 Å². The summed E-state index contributed by atoms with van der Waals surface area (Å²) in [5.74, 6) is 2.26. The molecule has 2 rings (SSSR count). The van der Waals surface area contributed by atoms with Gasteiger partial charge in [0.2, 0.25) is 5.88 Å². The first-order valence-corrected chi connectivity index (χ1v) is 6.87. The van der Waals surface area contributed by atoms with Gasteiger partial charge in [0.15, 0.2) is 0 Å². The molecule has 0 radical (unpaired) electrons. The highest BCUT2D eigenvalue weighted by atomic mass is 16.6. The topological polar surface area (TPSA) is 56.3 Å². The molecule has 1 aliphatic heterocycles. The van der Waals surface area contributed by atoms with Crippen LogP contribution in [0.3, 0.4) is 0 Å². The van der Waals surface area contributed by atoms with E-state index in [-0.39, 0.29) is 11.5 Å². The Balaban J connectivity index is 2.19. The lowest BCUT2D eigenvalue weighted by molar-refractivity contribution is -0.0814. The first kappa shape index (κ1) is 14.1. The van der Waals surface area contributed by atoms with Crippen molar-refractivity contribution >= 4 is 5.82 Å². The van der Waals surface area contributed by atoms with Crippen molar-refractivity contribution in [2.75, 3.05) is 25.1 Å². The van der Waals surface area contributed by atoms with Crippen molar-refractivity contribution in [2.24, 2.45) is 0 Å². The van der Waals surface area contributed by atoms with Crippen LogP contribution in [0, 0.1) is 0 Å². The number of nitrogens with one attached hydrogen (secondary N) is 1. The standard InChI is InChI=1S/C14H23N3O2/c1-5-6-15-11-7-12(19-10-8-18-9-10)17-13(16-11)14(2,3)4/h7,10H,5-6,8-9H2,1-4H3,(H,15,16,17). The van der Waals surface area contributed by atoms with Gasteiger partial charge in [0, 0.05) is 18.0 Å². The van der Waals surface area contributed by atoms with E-state index in [0.717, 1.165) is 24.6 Å². The second-order valence-electron chi connectivity index (χ2n) is 5.87. The van der Waals surface area contributed by atoms with Crippen molar-refractivity contribution in [1.29, 1.82) is 0 Å². The fourth-order valence-corrected chi connectivity index (χ4v) is 1.62. The Morgan fingerprint density at radius 1 is 1.37 bits per heavy atom. The molecular weight excluding hydrogens is 242 g/mol. The molecule has 5 heteroatoms. The predicted molar refractivity (Wildman–Crippen MR) is 74.7 cm³/mol.